The number of fused-ring (bicyclic) bond motifs is 4. The molecule has 3 aliphatic heterocycles. The van der Waals surface area contributed by atoms with E-state index in [9.17, 15) is 32.4 Å². The van der Waals surface area contributed by atoms with Gasteiger partial charge in [-0.2, -0.15) is 0 Å². The molecule has 2 saturated heterocycles. The van der Waals surface area contributed by atoms with Gasteiger partial charge in [-0.05, 0) is 56.1 Å². The Bertz CT molecular complexity index is 1990. The zero-order valence-corrected chi connectivity index (χ0v) is 33.3. The number of rotatable bonds is 8. The van der Waals surface area contributed by atoms with Crippen LogP contribution in [0.3, 0.4) is 0 Å². The molecule has 13 nitrogen and oxygen atoms in total. The summed E-state index contributed by atoms with van der Waals surface area (Å²) in [5.74, 6) is -4.37. The number of ether oxygens (including phenoxy) is 1. The number of hydrogen-bond acceptors (Lipinski definition) is 9. The predicted molar refractivity (Wildman–Crippen MR) is 208 cm³/mol. The number of carbonyl (C=O) groups is 5. The molecule has 7 rings (SSSR count). The fraction of sp³-hybridized carbons (Fsp3) is 0.571. The van der Waals surface area contributed by atoms with Crippen molar-refractivity contribution < 1.29 is 37.1 Å². The van der Waals surface area contributed by atoms with Gasteiger partial charge < -0.3 is 19.9 Å². The summed E-state index contributed by atoms with van der Waals surface area (Å²) in [5.41, 5.74) is 0.0254. The number of allylic oxidation sites excluding steroid dienone is 1. The monoisotopic (exact) mass is 787 g/mol. The molecular weight excluding hydrogens is 735 g/mol. The van der Waals surface area contributed by atoms with Crippen LogP contribution in [0.1, 0.15) is 89.0 Å². The first-order chi connectivity index (χ1) is 26.6. The summed E-state index contributed by atoms with van der Waals surface area (Å²) in [6, 6.07) is 13.8. The molecule has 0 unspecified atom stereocenters. The lowest BCUT2D eigenvalue weighted by molar-refractivity contribution is -0.152. The summed E-state index contributed by atoms with van der Waals surface area (Å²) in [4.78, 5) is 78.2. The first-order valence-corrected chi connectivity index (χ1v) is 21.5. The molecule has 56 heavy (non-hydrogen) atoms. The highest BCUT2D eigenvalue weighted by atomic mass is 32.2. The van der Waals surface area contributed by atoms with E-state index in [1.54, 1.807) is 21.9 Å². The van der Waals surface area contributed by atoms with Crippen LogP contribution >= 0.6 is 0 Å². The SMILES string of the molecule is CC(C)(C)COC(=O)C[C@H]1CCCCC/C=C\[C@@H]2C[C@@]2(C(=O)NS(=O)(=O)C2CC2)NC(=O)[C@@H]2[C@H]3CN(C(=O)c4cccc(-c5ccccc5)n4)C[C@H]3CN2C1=O. The predicted octanol–water partition coefficient (Wildman–Crippen LogP) is 4.25. The molecule has 2 saturated carbocycles. The first-order valence-electron chi connectivity index (χ1n) is 20.0. The van der Waals surface area contributed by atoms with E-state index in [2.05, 4.69) is 15.0 Å². The van der Waals surface area contributed by atoms with Crippen LogP contribution in [-0.2, 0) is 33.9 Å². The Kier molecular flexibility index (Phi) is 11.1. The summed E-state index contributed by atoms with van der Waals surface area (Å²) in [5, 5.41) is 2.32. The number of hydrogen-bond donors (Lipinski definition) is 2. The van der Waals surface area contributed by atoms with Crippen molar-refractivity contribution in [3.63, 3.8) is 0 Å². The van der Waals surface area contributed by atoms with E-state index in [-0.39, 0.29) is 67.9 Å². The van der Waals surface area contributed by atoms with Crippen LogP contribution in [0.25, 0.3) is 11.3 Å². The lowest BCUT2D eigenvalue weighted by Gasteiger charge is -2.32. The van der Waals surface area contributed by atoms with Gasteiger partial charge in [0.05, 0.1) is 24.0 Å². The highest BCUT2D eigenvalue weighted by Gasteiger charge is 2.63. The minimum atomic E-state index is -3.90. The molecule has 4 fully saturated rings. The van der Waals surface area contributed by atoms with E-state index in [0.717, 1.165) is 18.4 Å². The summed E-state index contributed by atoms with van der Waals surface area (Å²) in [6.45, 7) is 6.70. The van der Waals surface area contributed by atoms with Crippen molar-refractivity contribution >= 4 is 39.6 Å². The second-order valence-corrected chi connectivity index (χ2v) is 19.4. The normalized spacial score (nSPS) is 28.8. The number of likely N-dealkylation sites (tertiary alicyclic amines) is 1. The molecule has 14 heteroatoms. The molecule has 6 atom stereocenters. The number of esters is 1. The van der Waals surface area contributed by atoms with Crippen LogP contribution < -0.4 is 10.0 Å². The molecule has 0 radical (unpaired) electrons. The van der Waals surface area contributed by atoms with Crippen molar-refractivity contribution in [2.24, 2.45) is 29.1 Å². The van der Waals surface area contributed by atoms with Crippen LogP contribution in [0.15, 0.2) is 60.7 Å². The van der Waals surface area contributed by atoms with Gasteiger partial charge in [-0.15, -0.1) is 0 Å². The molecule has 2 N–H and O–H groups in total. The Balaban J connectivity index is 1.17. The molecule has 4 amide bonds. The van der Waals surface area contributed by atoms with Crippen LogP contribution in [-0.4, -0.2) is 95.9 Å². The van der Waals surface area contributed by atoms with Gasteiger partial charge in [0.2, 0.25) is 21.8 Å². The van der Waals surface area contributed by atoms with Gasteiger partial charge in [0.1, 0.15) is 17.3 Å². The summed E-state index contributed by atoms with van der Waals surface area (Å²) < 4.78 is 33.7. The third-order valence-corrected chi connectivity index (χ3v) is 13.5. The minimum Gasteiger partial charge on any atom is -0.465 e. The molecule has 2 aromatic rings. The Labute approximate surface area is 329 Å². The molecular formula is C42H53N5O8S. The highest BCUT2D eigenvalue weighted by molar-refractivity contribution is 7.91. The quantitative estimate of drug-likeness (QED) is 0.293. The van der Waals surface area contributed by atoms with Gasteiger partial charge in [-0.1, -0.05) is 82.2 Å². The van der Waals surface area contributed by atoms with E-state index in [4.69, 9.17) is 4.74 Å². The van der Waals surface area contributed by atoms with E-state index < -0.39 is 62.4 Å². The lowest BCUT2D eigenvalue weighted by Crippen LogP contribution is -2.58. The van der Waals surface area contributed by atoms with E-state index in [1.807, 2.05) is 69.3 Å². The Morgan fingerprint density at radius 2 is 1.73 bits per heavy atom. The van der Waals surface area contributed by atoms with Crippen molar-refractivity contribution in [1.29, 1.82) is 0 Å². The fourth-order valence-corrected chi connectivity index (χ4v) is 9.78. The van der Waals surface area contributed by atoms with E-state index >= 15 is 0 Å². The zero-order valence-electron chi connectivity index (χ0n) is 32.4. The standard InChI is InChI=1S/C42H53N5O8S/c1-41(2,3)26-55-35(48)21-28-15-8-5-4-6-11-16-30-22-42(30,40(52)45-56(53,54)31-19-20-31)44-37(49)36-32-25-46(23-29(32)24-47(36)38(28)50)39(51)34-18-12-17-33(43-34)27-13-9-7-10-14-27/h7,9-14,16-18,28-32,36H,4-6,8,15,19-26H2,1-3H3,(H,44,49)(H,45,52)/b16-11-/t28-,29+,30-,32+,36+,42-/m1/s1. The summed E-state index contributed by atoms with van der Waals surface area (Å²) in [7, 11) is -3.90. The van der Waals surface area contributed by atoms with Crippen LogP contribution in [0.4, 0.5) is 0 Å². The zero-order chi connectivity index (χ0) is 39.8. The highest BCUT2D eigenvalue weighted by Crippen LogP contribution is 2.47. The number of amides is 4. The third-order valence-electron chi connectivity index (χ3n) is 11.7. The van der Waals surface area contributed by atoms with E-state index in [0.29, 0.717) is 37.8 Å². The Morgan fingerprint density at radius 1 is 0.964 bits per heavy atom. The topological polar surface area (TPSA) is 172 Å². The second-order valence-electron chi connectivity index (χ2n) is 17.5. The average Bonchev–Trinajstić information content (AvgIpc) is 4.06. The molecule has 1 aromatic heterocycles. The molecule has 4 heterocycles. The van der Waals surface area contributed by atoms with Gasteiger partial charge in [0.15, 0.2) is 0 Å². The Hall–Kier alpha value is -4.59. The van der Waals surface area contributed by atoms with Gasteiger partial charge in [-0.3, -0.25) is 28.7 Å². The van der Waals surface area contributed by atoms with Gasteiger partial charge >= 0.3 is 5.97 Å². The average molecular weight is 788 g/mol. The maximum absolute atomic E-state index is 14.7. The first kappa shape index (κ1) is 39.6. The number of nitrogens with zero attached hydrogens (tertiary/aromatic N) is 3. The molecule has 300 valence electrons. The molecule has 2 aliphatic carbocycles. The molecule has 0 bridgehead atoms. The molecule has 0 spiro atoms. The second kappa shape index (κ2) is 15.7. The van der Waals surface area contributed by atoms with Crippen molar-refractivity contribution in [2.45, 2.75) is 95.4 Å². The van der Waals surface area contributed by atoms with Crippen LogP contribution in [0.2, 0.25) is 0 Å². The molecule has 1 aromatic carbocycles. The molecule has 5 aliphatic rings. The summed E-state index contributed by atoms with van der Waals surface area (Å²) >= 11 is 0. The maximum atomic E-state index is 14.7. The smallest absolute Gasteiger partial charge is 0.306 e. The minimum absolute atomic E-state index is 0.129. The number of pyridine rings is 1. The number of aromatic nitrogens is 1. The number of benzene rings is 1. The number of carbonyl (C=O) groups excluding carboxylic acids is 5. The number of nitrogens with one attached hydrogen (secondary N) is 2. The third kappa shape index (κ3) is 8.69. The van der Waals surface area contributed by atoms with Gasteiger partial charge in [0, 0.05) is 48.9 Å². The summed E-state index contributed by atoms with van der Waals surface area (Å²) in [6.07, 6.45) is 8.35. The van der Waals surface area contributed by atoms with E-state index in [1.165, 1.54) is 0 Å². The van der Waals surface area contributed by atoms with Crippen LogP contribution in [0.5, 0.6) is 0 Å². The maximum Gasteiger partial charge on any atom is 0.306 e. The van der Waals surface area contributed by atoms with Crippen molar-refractivity contribution in [1.82, 2.24) is 24.8 Å². The lowest BCUT2D eigenvalue weighted by atomic mass is 9.92. The largest absolute Gasteiger partial charge is 0.465 e. The van der Waals surface area contributed by atoms with Gasteiger partial charge in [0.25, 0.3) is 11.8 Å². The van der Waals surface area contributed by atoms with Crippen molar-refractivity contribution in [3.8, 4) is 11.3 Å². The van der Waals surface area contributed by atoms with Crippen molar-refractivity contribution in [3.05, 3.63) is 66.4 Å². The Morgan fingerprint density at radius 3 is 2.46 bits per heavy atom. The fourth-order valence-electron chi connectivity index (χ4n) is 8.41. The van der Waals surface area contributed by atoms with Crippen LogP contribution in [0, 0.1) is 29.1 Å². The van der Waals surface area contributed by atoms with Gasteiger partial charge in [-0.25, -0.2) is 13.4 Å². The van der Waals surface area contributed by atoms with Crippen molar-refractivity contribution in [2.75, 3.05) is 26.2 Å². The number of sulfonamides is 1.